The van der Waals surface area contributed by atoms with Crippen molar-refractivity contribution in [3.05, 3.63) is 107 Å². The molecule has 0 fully saturated rings. The van der Waals surface area contributed by atoms with Gasteiger partial charge in [-0.2, -0.15) is 0 Å². The van der Waals surface area contributed by atoms with E-state index in [1.807, 2.05) is 0 Å². The Hall–Kier alpha value is -3.13. The summed E-state index contributed by atoms with van der Waals surface area (Å²) in [6, 6.07) is 17.8. The first kappa shape index (κ1) is 19.5. The largest absolute Gasteiger partial charge is 0.337 e. The number of para-hydroxylation sites is 2. The molecule has 2 aromatic rings. The minimum Gasteiger partial charge on any atom is -0.329 e. The summed E-state index contributed by atoms with van der Waals surface area (Å²) in [6.45, 7) is 9.53. The zero-order chi connectivity index (χ0) is 22.0. The first-order valence-electron chi connectivity index (χ1n) is 11.8. The van der Waals surface area contributed by atoms with Gasteiger partial charge in [-0.1, -0.05) is 122 Å². The molecule has 4 aliphatic rings. The van der Waals surface area contributed by atoms with Gasteiger partial charge in [0.2, 0.25) is 0 Å². The number of hydrogen-bond donors (Lipinski definition) is 0. The van der Waals surface area contributed by atoms with Crippen molar-refractivity contribution in [2.24, 2.45) is 11.8 Å². The molecule has 0 unspecified atom stereocenters. The Morgan fingerprint density at radius 1 is 0.562 bits per heavy atom. The minimum absolute atomic E-state index is 0.191. The molecule has 6 rings (SSSR count). The van der Waals surface area contributed by atoms with Crippen LogP contribution in [0.25, 0.3) is 11.1 Å². The molecule has 0 atom stereocenters. The Labute approximate surface area is 192 Å². The Bertz CT molecular complexity index is 1160. The maximum Gasteiger partial charge on any atom is 0.337 e. The van der Waals surface area contributed by atoms with Crippen LogP contribution in [0.2, 0.25) is 0 Å². The van der Waals surface area contributed by atoms with Crippen LogP contribution < -0.4 is 9.84 Å². The number of hydrazine groups is 1. The SMILES string of the molecule is CC(C)C1=CB2C(=C3C=CC(C(C)C)=CB3N3c4ccccc4-c4ccccc4N23)C=C1. The Morgan fingerprint density at radius 2 is 0.969 bits per heavy atom. The predicted octanol–water partition coefficient (Wildman–Crippen LogP) is 6.65. The molecule has 0 amide bonds. The maximum atomic E-state index is 2.56. The van der Waals surface area contributed by atoms with E-state index < -0.39 is 0 Å². The molecule has 156 valence electrons. The number of nitrogens with zero attached hydrogens (tertiary/aromatic N) is 2. The van der Waals surface area contributed by atoms with E-state index in [-0.39, 0.29) is 13.7 Å². The molecule has 2 aromatic carbocycles. The van der Waals surface area contributed by atoms with Gasteiger partial charge in [0, 0.05) is 11.1 Å². The fourth-order valence-corrected chi connectivity index (χ4v) is 5.54. The van der Waals surface area contributed by atoms with Crippen molar-refractivity contribution >= 4 is 25.1 Å². The molecule has 32 heavy (non-hydrogen) atoms. The van der Waals surface area contributed by atoms with Crippen LogP contribution in [-0.4, -0.2) is 13.7 Å². The third-order valence-corrected chi connectivity index (χ3v) is 7.27. The van der Waals surface area contributed by atoms with E-state index in [1.54, 1.807) is 0 Å². The summed E-state index contributed by atoms with van der Waals surface area (Å²) >= 11 is 0. The zero-order valence-corrected chi connectivity index (χ0v) is 19.3. The molecule has 0 N–H and O–H groups in total. The fourth-order valence-electron chi connectivity index (χ4n) is 5.54. The highest BCUT2D eigenvalue weighted by Gasteiger charge is 2.47. The van der Waals surface area contributed by atoms with Gasteiger partial charge in [0.15, 0.2) is 0 Å². The normalized spacial score (nSPS) is 18.3. The van der Waals surface area contributed by atoms with Crippen LogP contribution in [0.4, 0.5) is 11.4 Å². The number of allylic oxidation sites excluding steroid dienone is 8. The Kier molecular flexibility index (Phi) is 4.40. The molecule has 0 saturated heterocycles. The van der Waals surface area contributed by atoms with Crippen LogP contribution in [0.5, 0.6) is 0 Å². The summed E-state index contributed by atoms with van der Waals surface area (Å²) in [5.74, 6) is 5.98. The summed E-state index contributed by atoms with van der Waals surface area (Å²) in [5, 5.41) is 0. The van der Waals surface area contributed by atoms with Crippen molar-refractivity contribution in [2.75, 3.05) is 9.84 Å². The van der Waals surface area contributed by atoms with Crippen LogP contribution in [0.1, 0.15) is 27.7 Å². The highest BCUT2D eigenvalue weighted by Crippen LogP contribution is 2.49. The van der Waals surface area contributed by atoms with E-state index in [1.165, 1.54) is 44.6 Å². The number of hydrogen-bond acceptors (Lipinski definition) is 2. The first-order valence-corrected chi connectivity index (χ1v) is 11.8. The van der Waals surface area contributed by atoms with Crippen molar-refractivity contribution in [1.82, 2.24) is 0 Å². The molecule has 4 aliphatic heterocycles. The average molecular weight is 414 g/mol. The smallest absolute Gasteiger partial charge is 0.329 e. The highest BCUT2D eigenvalue weighted by molar-refractivity contribution is 6.89. The van der Waals surface area contributed by atoms with E-state index in [0.29, 0.717) is 11.8 Å². The van der Waals surface area contributed by atoms with E-state index in [4.69, 9.17) is 0 Å². The van der Waals surface area contributed by atoms with Crippen LogP contribution in [0.3, 0.4) is 0 Å². The number of rotatable bonds is 2. The molecule has 0 aromatic heterocycles. The highest BCUT2D eigenvalue weighted by atomic mass is 15.6. The lowest BCUT2D eigenvalue weighted by atomic mass is 9.38. The molecule has 4 heterocycles. The molecule has 0 aliphatic carbocycles. The predicted molar refractivity (Wildman–Crippen MR) is 139 cm³/mol. The summed E-state index contributed by atoms with van der Waals surface area (Å²) in [4.78, 5) is 5.11. The van der Waals surface area contributed by atoms with Crippen molar-refractivity contribution in [2.45, 2.75) is 27.7 Å². The molecule has 0 saturated carbocycles. The van der Waals surface area contributed by atoms with Crippen molar-refractivity contribution in [3.63, 3.8) is 0 Å². The van der Waals surface area contributed by atoms with Gasteiger partial charge in [-0.25, -0.2) is 0 Å². The third kappa shape index (κ3) is 2.75. The van der Waals surface area contributed by atoms with Gasteiger partial charge in [0.1, 0.15) is 0 Å². The second-order valence-electron chi connectivity index (χ2n) is 9.83. The van der Waals surface area contributed by atoms with E-state index in [2.05, 4.69) is 122 Å². The van der Waals surface area contributed by atoms with Gasteiger partial charge in [-0.15, -0.1) is 0 Å². The molecule has 0 radical (unpaired) electrons. The van der Waals surface area contributed by atoms with Crippen LogP contribution >= 0.6 is 0 Å². The second-order valence-corrected chi connectivity index (χ2v) is 9.83. The topological polar surface area (TPSA) is 6.48 Å². The minimum atomic E-state index is 0.191. The number of anilines is 2. The van der Waals surface area contributed by atoms with Crippen molar-refractivity contribution < 1.29 is 0 Å². The summed E-state index contributed by atoms with van der Waals surface area (Å²) in [5.41, 5.74) is 10.9. The zero-order valence-electron chi connectivity index (χ0n) is 19.3. The maximum absolute atomic E-state index is 2.56. The molecular weight excluding hydrogens is 386 g/mol. The Morgan fingerprint density at radius 3 is 1.38 bits per heavy atom. The van der Waals surface area contributed by atoms with Gasteiger partial charge < -0.3 is 9.84 Å². The van der Waals surface area contributed by atoms with E-state index in [0.717, 1.165) is 0 Å². The van der Waals surface area contributed by atoms with Gasteiger partial charge in [-0.05, 0) is 24.0 Å². The van der Waals surface area contributed by atoms with Gasteiger partial charge in [-0.3, -0.25) is 0 Å². The van der Waals surface area contributed by atoms with Gasteiger partial charge in [0.05, 0.1) is 11.4 Å². The number of benzene rings is 2. The lowest BCUT2D eigenvalue weighted by Crippen LogP contribution is -2.64. The van der Waals surface area contributed by atoms with Crippen LogP contribution in [0, 0.1) is 11.8 Å². The van der Waals surface area contributed by atoms with Crippen LogP contribution in [0.15, 0.2) is 107 Å². The lowest BCUT2D eigenvalue weighted by molar-refractivity contribution is 0.790. The molecule has 2 nitrogen and oxygen atoms in total. The van der Waals surface area contributed by atoms with Gasteiger partial charge in [0.25, 0.3) is 0 Å². The molecule has 4 heteroatoms. The Balaban J connectivity index is 1.65. The van der Waals surface area contributed by atoms with Crippen molar-refractivity contribution in [1.29, 1.82) is 0 Å². The lowest BCUT2D eigenvalue weighted by Gasteiger charge is -2.53. The quantitative estimate of drug-likeness (QED) is 0.508. The van der Waals surface area contributed by atoms with Crippen LogP contribution in [-0.2, 0) is 0 Å². The first-order chi connectivity index (χ1) is 15.5. The fraction of sp³-hybridized carbons (Fsp3) is 0.214. The monoisotopic (exact) mass is 414 g/mol. The average Bonchev–Trinajstić information content (AvgIpc) is 2.82. The third-order valence-electron chi connectivity index (χ3n) is 7.27. The van der Waals surface area contributed by atoms with Crippen molar-refractivity contribution in [3.8, 4) is 11.1 Å². The molecule has 0 spiro atoms. The number of fused-ring (bicyclic) bond motifs is 10. The summed E-state index contributed by atoms with van der Waals surface area (Å²) in [7, 11) is 0. The summed E-state index contributed by atoms with van der Waals surface area (Å²) < 4.78 is 0. The summed E-state index contributed by atoms with van der Waals surface area (Å²) in [6.07, 6.45) is 9.41. The van der Waals surface area contributed by atoms with E-state index in [9.17, 15) is 0 Å². The second kappa shape index (κ2) is 7.20. The van der Waals surface area contributed by atoms with Gasteiger partial charge >= 0.3 is 13.7 Å². The van der Waals surface area contributed by atoms with E-state index >= 15 is 0 Å². The molecular formula is C28H28B2N2. The molecule has 0 bridgehead atoms. The standard InChI is InChI=1S/C28H28B2N2/c1-19(2)21-13-15-25-26-16-14-22(20(3)4)18-30(26)32-28-12-8-6-10-24(28)23-9-5-7-11-27(23)31(32)29(25)17-21/h5-20H,1-4H3.